The van der Waals surface area contributed by atoms with Gasteiger partial charge in [-0.1, -0.05) is 40.1 Å². The average molecular weight is 399 g/mol. The molecule has 1 aliphatic rings. The first-order valence-electron chi connectivity index (χ1n) is 8.74. The first kappa shape index (κ1) is 20.8. The minimum atomic E-state index is -1.15. The molecule has 2 atom stereocenters. The maximum Gasteiger partial charge on any atom is 0.377 e. The van der Waals surface area contributed by atoms with Crippen LogP contribution in [0.5, 0.6) is 0 Å². The summed E-state index contributed by atoms with van der Waals surface area (Å²) in [5.41, 5.74) is 0.775. The Kier molecular flexibility index (Phi) is 8.44. The van der Waals surface area contributed by atoms with Gasteiger partial charge in [0.25, 0.3) is 6.04 Å². The Bertz CT molecular complexity index is 629. The average Bonchev–Trinajstić information content (AvgIpc) is 3.12. The molecule has 8 heteroatoms. The van der Waals surface area contributed by atoms with E-state index in [0.717, 1.165) is 24.5 Å². The van der Waals surface area contributed by atoms with Crippen LogP contribution in [0.4, 0.5) is 0 Å². The Morgan fingerprint density at radius 1 is 1.15 bits per heavy atom. The SMILES string of the molecule is O=C(O)c1ccc(CC(C(=O)O)[N+](=O)CCCCCC2CCSS2)cc1. The van der Waals surface area contributed by atoms with E-state index in [2.05, 4.69) is 0 Å². The third-order valence-electron chi connectivity index (χ3n) is 4.39. The molecular weight excluding hydrogens is 374 g/mol. The third-order valence-corrected chi connectivity index (χ3v) is 7.40. The number of carboxylic acids is 2. The van der Waals surface area contributed by atoms with Crippen molar-refractivity contribution in [3.63, 3.8) is 0 Å². The number of hydrogen-bond donors (Lipinski definition) is 2. The van der Waals surface area contributed by atoms with Crippen LogP contribution < -0.4 is 0 Å². The Morgan fingerprint density at radius 3 is 2.46 bits per heavy atom. The molecule has 0 amide bonds. The molecule has 1 heterocycles. The first-order chi connectivity index (χ1) is 12.5. The molecule has 1 aliphatic heterocycles. The fourth-order valence-corrected chi connectivity index (χ4v) is 5.88. The predicted molar refractivity (Wildman–Crippen MR) is 104 cm³/mol. The van der Waals surface area contributed by atoms with Crippen molar-refractivity contribution in [2.45, 2.75) is 49.8 Å². The van der Waals surface area contributed by atoms with Gasteiger partial charge < -0.3 is 10.2 Å². The molecule has 0 aromatic heterocycles. The highest BCUT2D eigenvalue weighted by atomic mass is 33.1. The Morgan fingerprint density at radius 2 is 1.88 bits per heavy atom. The van der Waals surface area contributed by atoms with Crippen LogP contribution in [0.3, 0.4) is 0 Å². The van der Waals surface area contributed by atoms with Crippen molar-refractivity contribution in [1.82, 2.24) is 0 Å². The van der Waals surface area contributed by atoms with E-state index in [1.54, 1.807) is 12.1 Å². The number of nitroso groups, excluding NO2 is 1. The Hall–Kier alpha value is -1.54. The molecule has 0 radical (unpaired) electrons. The topological polar surface area (TPSA) is 94.7 Å². The van der Waals surface area contributed by atoms with Crippen molar-refractivity contribution in [2.24, 2.45) is 0 Å². The second-order valence-corrected chi connectivity index (χ2v) is 9.17. The number of unbranched alkanes of at least 4 members (excludes halogenated alkanes) is 2. The molecule has 2 rings (SSSR count). The normalized spacial score (nSPS) is 17.8. The third kappa shape index (κ3) is 6.64. The lowest BCUT2D eigenvalue weighted by atomic mass is 10.0. The lowest BCUT2D eigenvalue weighted by Crippen LogP contribution is -2.35. The lowest BCUT2D eigenvalue weighted by Gasteiger charge is -2.08. The Balaban J connectivity index is 1.77. The van der Waals surface area contributed by atoms with E-state index in [1.807, 2.05) is 21.6 Å². The van der Waals surface area contributed by atoms with Crippen molar-refractivity contribution in [3.8, 4) is 0 Å². The standard InChI is InChI=1S/C18H23NO5S2/c20-17(21)14-7-5-13(6-8-14)12-16(18(22)23)19(24)10-3-1-2-4-15-9-11-25-26-15/h5-8,15-16H,1-4,9-12H2,(H-,20,21,22,23)/p+1. The lowest BCUT2D eigenvalue weighted by molar-refractivity contribution is -0.574. The highest BCUT2D eigenvalue weighted by molar-refractivity contribution is 8.77. The highest BCUT2D eigenvalue weighted by Crippen LogP contribution is 2.39. The number of benzene rings is 1. The fraction of sp³-hybridized carbons (Fsp3) is 0.556. The molecule has 6 nitrogen and oxygen atoms in total. The summed E-state index contributed by atoms with van der Waals surface area (Å²) in [6.45, 7) is 0.205. The summed E-state index contributed by atoms with van der Waals surface area (Å²) in [4.78, 5) is 34.5. The molecule has 1 aromatic rings. The zero-order valence-corrected chi connectivity index (χ0v) is 16.1. The van der Waals surface area contributed by atoms with Crippen LogP contribution in [0.25, 0.3) is 0 Å². The van der Waals surface area contributed by atoms with E-state index in [0.29, 0.717) is 16.7 Å². The van der Waals surface area contributed by atoms with Crippen LogP contribution >= 0.6 is 21.6 Å². The molecule has 1 saturated heterocycles. The van der Waals surface area contributed by atoms with E-state index in [9.17, 15) is 19.6 Å². The molecule has 0 spiro atoms. The number of hydrogen-bond acceptors (Lipinski definition) is 5. The van der Waals surface area contributed by atoms with Gasteiger partial charge in [0, 0.05) is 27.1 Å². The van der Waals surface area contributed by atoms with E-state index in [1.165, 1.54) is 24.3 Å². The largest absolute Gasteiger partial charge is 0.478 e. The summed E-state index contributed by atoms with van der Waals surface area (Å²) in [5.74, 6) is -0.967. The minimum Gasteiger partial charge on any atom is -0.478 e. The summed E-state index contributed by atoms with van der Waals surface area (Å²) in [7, 11) is 3.87. The molecule has 0 bridgehead atoms. The molecule has 0 saturated carbocycles. The first-order valence-corrected chi connectivity index (χ1v) is 11.1. The van der Waals surface area contributed by atoms with Gasteiger partial charge in [0.1, 0.15) is 0 Å². The van der Waals surface area contributed by atoms with E-state index < -0.39 is 18.0 Å². The van der Waals surface area contributed by atoms with Gasteiger partial charge in [0.05, 0.1) is 12.0 Å². The van der Waals surface area contributed by atoms with Gasteiger partial charge in [-0.2, -0.15) is 0 Å². The zero-order chi connectivity index (χ0) is 18.9. The number of nitrogens with zero attached hydrogens (tertiary/aromatic N) is 1. The molecule has 26 heavy (non-hydrogen) atoms. The van der Waals surface area contributed by atoms with Gasteiger partial charge in [-0.25, -0.2) is 9.59 Å². The summed E-state index contributed by atoms with van der Waals surface area (Å²) in [6, 6.07) is 4.82. The van der Waals surface area contributed by atoms with Crippen LogP contribution in [-0.4, -0.2) is 50.5 Å². The molecule has 2 unspecified atom stereocenters. The van der Waals surface area contributed by atoms with Crippen LogP contribution in [0.1, 0.15) is 48.0 Å². The van der Waals surface area contributed by atoms with Gasteiger partial charge in [0.2, 0.25) is 0 Å². The fourth-order valence-electron chi connectivity index (χ4n) is 2.86. The van der Waals surface area contributed by atoms with Crippen molar-refractivity contribution in [2.75, 3.05) is 12.3 Å². The van der Waals surface area contributed by atoms with Gasteiger partial charge in [-0.05, 0) is 37.0 Å². The molecule has 2 N–H and O–H groups in total. The van der Waals surface area contributed by atoms with Crippen LogP contribution in [0.2, 0.25) is 0 Å². The monoisotopic (exact) mass is 398 g/mol. The van der Waals surface area contributed by atoms with Gasteiger partial charge in [0.15, 0.2) is 6.54 Å². The van der Waals surface area contributed by atoms with E-state index in [4.69, 9.17) is 5.11 Å². The van der Waals surface area contributed by atoms with Crippen molar-refractivity contribution >= 4 is 33.5 Å². The molecule has 0 aliphatic carbocycles. The minimum absolute atomic E-state index is 0.0642. The second-order valence-electron chi connectivity index (χ2n) is 6.38. The number of aliphatic carboxylic acids is 1. The second kappa shape index (κ2) is 10.6. The number of aromatic carboxylic acids is 1. The highest BCUT2D eigenvalue weighted by Gasteiger charge is 2.33. The maximum atomic E-state index is 12.2. The summed E-state index contributed by atoms with van der Waals surface area (Å²) in [5, 5.41) is 19.0. The molecule has 1 fully saturated rings. The van der Waals surface area contributed by atoms with Crippen molar-refractivity contribution in [1.29, 1.82) is 0 Å². The van der Waals surface area contributed by atoms with Crippen LogP contribution in [-0.2, 0) is 11.2 Å². The summed E-state index contributed by atoms with van der Waals surface area (Å²) < 4.78 is 0.646. The van der Waals surface area contributed by atoms with Gasteiger partial charge in [-0.15, -0.1) is 0 Å². The molecule has 1 aromatic carbocycles. The molecular formula is C18H24NO5S2+. The predicted octanol–water partition coefficient (Wildman–Crippen LogP) is 3.87. The number of carbonyl (C=O) groups is 2. The number of carboxylic acid groups (broad SMARTS) is 2. The van der Waals surface area contributed by atoms with E-state index in [-0.39, 0.29) is 18.5 Å². The van der Waals surface area contributed by atoms with E-state index >= 15 is 0 Å². The zero-order valence-electron chi connectivity index (χ0n) is 14.5. The molecule has 142 valence electrons. The Labute approximate surface area is 160 Å². The summed E-state index contributed by atoms with van der Waals surface area (Å²) in [6.07, 6.45) is 5.17. The van der Waals surface area contributed by atoms with Crippen molar-refractivity contribution < 1.29 is 24.6 Å². The van der Waals surface area contributed by atoms with Crippen LogP contribution in [0.15, 0.2) is 24.3 Å². The maximum absolute atomic E-state index is 12.2. The van der Waals surface area contributed by atoms with Crippen LogP contribution in [0, 0.1) is 4.91 Å². The quantitative estimate of drug-likeness (QED) is 0.332. The smallest absolute Gasteiger partial charge is 0.377 e. The summed E-state index contributed by atoms with van der Waals surface area (Å²) >= 11 is 0. The van der Waals surface area contributed by atoms with Gasteiger partial charge in [-0.3, -0.25) is 0 Å². The number of rotatable bonds is 11. The van der Waals surface area contributed by atoms with Gasteiger partial charge >= 0.3 is 11.9 Å². The van der Waals surface area contributed by atoms with Crippen molar-refractivity contribution in [3.05, 3.63) is 40.3 Å².